The van der Waals surface area contributed by atoms with Crippen LogP contribution in [0.4, 0.5) is 0 Å². The quantitative estimate of drug-likeness (QED) is 0.183. The van der Waals surface area contributed by atoms with Crippen molar-refractivity contribution in [2.45, 2.75) is 69.0 Å². The van der Waals surface area contributed by atoms with E-state index < -0.39 is 33.7 Å². The Morgan fingerprint density at radius 3 is 1.77 bits per heavy atom. The number of hydrogen-bond donors (Lipinski definition) is 1. The number of methoxy groups -OCH3 is 1. The van der Waals surface area contributed by atoms with Gasteiger partial charge < -0.3 is 13.6 Å². The lowest BCUT2D eigenvalue weighted by Crippen LogP contribution is -2.41. The van der Waals surface area contributed by atoms with Crippen molar-refractivity contribution >= 4 is 105 Å². The zero-order chi connectivity index (χ0) is 34.7. The molecule has 2 unspecified atom stereocenters. The maximum atomic E-state index is 12.8. The molecule has 0 bridgehead atoms. The van der Waals surface area contributed by atoms with E-state index in [9.17, 15) is 28.8 Å². The maximum absolute atomic E-state index is 12.8. The number of nitrogens with one attached hydrogen (secondary N) is 1. The lowest BCUT2D eigenvalue weighted by Gasteiger charge is -2.14. The number of aromatic amines is 1. The van der Waals surface area contributed by atoms with E-state index >= 15 is 0 Å². The highest BCUT2D eigenvalue weighted by Gasteiger charge is 2.27. The van der Waals surface area contributed by atoms with Crippen LogP contribution in [0.15, 0.2) is 49.7 Å². The largest absolute Gasteiger partial charge is 0.405 e. The van der Waals surface area contributed by atoms with Crippen LogP contribution in [0.1, 0.15) is 60.3 Å². The van der Waals surface area contributed by atoms with Crippen molar-refractivity contribution < 1.29 is 13.6 Å². The molecular formula is C28H30BBr5N4O9. The van der Waals surface area contributed by atoms with Gasteiger partial charge in [-0.05, 0) is 62.5 Å². The summed E-state index contributed by atoms with van der Waals surface area (Å²) in [5.74, 6) is 0.751. The number of H-pyrrole nitrogens is 1. The summed E-state index contributed by atoms with van der Waals surface area (Å²) in [5.41, 5.74) is -2.12. The smallest absolute Gasteiger partial charge is 0.369 e. The summed E-state index contributed by atoms with van der Waals surface area (Å²) >= 11 is 16.1. The van der Waals surface area contributed by atoms with E-state index in [2.05, 4.69) is 84.1 Å². The number of hydrogen-bond acceptors (Lipinski definition) is 9. The van der Waals surface area contributed by atoms with Crippen LogP contribution in [-0.2, 0) is 24.6 Å². The molecule has 254 valence electrons. The normalized spacial score (nSPS) is 15.4. The summed E-state index contributed by atoms with van der Waals surface area (Å²) < 4.78 is 19.0. The van der Waals surface area contributed by atoms with Gasteiger partial charge in [0.15, 0.2) is 0 Å². The topological polar surface area (TPSA) is 169 Å². The van der Waals surface area contributed by atoms with Gasteiger partial charge in [0.05, 0.1) is 0 Å². The molecule has 6 rings (SSSR count). The van der Waals surface area contributed by atoms with Crippen LogP contribution in [0.25, 0.3) is 22.2 Å². The second kappa shape index (κ2) is 16.3. The van der Waals surface area contributed by atoms with Crippen molar-refractivity contribution in [2.24, 2.45) is 11.8 Å². The summed E-state index contributed by atoms with van der Waals surface area (Å²) in [6, 6.07) is 2.56. The van der Waals surface area contributed by atoms with Gasteiger partial charge in [-0.25, -0.2) is 23.7 Å². The zero-order valence-electron chi connectivity index (χ0n) is 25.4. The van der Waals surface area contributed by atoms with Crippen molar-refractivity contribution in [3.63, 3.8) is 0 Å². The molecule has 19 heteroatoms. The number of fused-ring (bicyclic) bond motifs is 2. The second-order valence-electron chi connectivity index (χ2n) is 11.2. The molecule has 2 aliphatic rings. The second-order valence-corrected chi connectivity index (χ2v) is 20.4. The third kappa shape index (κ3) is 9.47. The molecular weight excluding hydrogens is 947 g/mol. The van der Waals surface area contributed by atoms with Gasteiger partial charge in [0.25, 0.3) is 11.1 Å². The van der Waals surface area contributed by atoms with Crippen LogP contribution in [0.5, 0.6) is 0 Å². The average Bonchev–Trinajstić information content (AvgIpc) is 3.91. The van der Waals surface area contributed by atoms with Gasteiger partial charge in [-0.1, -0.05) is 31.9 Å². The summed E-state index contributed by atoms with van der Waals surface area (Å²) in [5, 5.41) is 0.500. The van der Waals surface area contributed by atoms with E-state index in [-0.39, 0.29) is 41.8 Å². The Balaban J connectivity index is 0.000000193. The third-order valence-electron chi connectivity index (χ3n) is 7.45. The molecule has 2 saturated carbocycles. The van der Waals surface area contributed by atoms with Crippen molar-refractivity contribution in [3.8, 4) is 0 Å². The number of rotatable bonds is 8. The molecule has 0 amide bonds. The molecule has 0 aromatic carbocycles. The van der Waals surface area contributed by atoms with Gasteiger partial charge in [-0.3, -0.25) is 23.7 Å². The maximum Gasteiger partial charge on any atom is 0.369 e. The van der Waals surface area contributed by atoms with Crippen LogP contribution >= 0.6 is 79.1 Å². The average molecular weight is 977 g/mol. The van der Waals surface area contributed by atoms with Crippen molar-refractivity contribution in [2.75, 3.05) is 7.11 Å². The van der Waals surface area contributed by atoms with Gasteiger partial charge in [-0.2, -0.15) is 0 Å². The minimum absolute atomic E-state index is 0.0392. The molecule has 0 aliphatic heterocycles. The van der Waals surface area contributed by atoms with Crippen LogP contribution in [-0.4, -0.2) is 29.0 Å². The van der Waals surface area contributed by atoms with Gasteiger partial charge in [0.1, 0.15) is 17.5 Å². The fraction of sp³-hybridized carbons (Fsp3) is 0.500. The number of alkyl halides is 2. The predicted molar refractivity (Wildman–Crippen MR) is 198 cm³/mol. The Morgan fingerprint density at radius 2 is 1.28 bits per heavy atom. The Bertz CT molecular complexity index is 2120. The molecule has 2 atom stereocenters. The van der Waals surface area contributed by atoms with Gasteiger partial charge in [0.2, 0.25) is 11.4 Å². The molecule has 2 fully saturated rings. The van der Waals surface area contributed by atoms with Gasteiger partial charge >= 0.3 is 25.8 Å². The number of aromatic nitrogens is 4. The Kier molecular flexibility index (Phi) is 13.2. The predicted octanol–water partition coefficient (Wildman–Crippen LogP) is 5.25. The molecule has 0 radical (unpaired) electrons. The van der Waals surface area contributed by atoms with E-state index in [1.54, 1.807) is 0 Å². The van der Waals surface area contributed by atoms with Crippen LogP contribution in [0.2, 0.25) is 0 Å². The summed E-state index contributed by atoms with van der Waals surface area (Å²) in [7, 11) is 1.43. The molecule has 13 nitrogen and oxygen atoms in total. The first-order valence-electron chi connectivity index (χ1n) is 14.5. The number of halogens is 5. The van der Waals surface area contributed by atoms with Crippen molar-refractivity contribution in [1.29, 1.82) is 0 Å². The molecule has 1 N–H and O–H groups in total. The van der Waals surface area contributed by atoms with Crippen LogP contribution in [0, 0.1) is 11.8 Å². The van der Waals surface area contributed by atoms with Gasteiger partial charge in [-0.15, -0.1) is 47.3 Å². The highest BCUT2D eigenvalue weighted by atomic mass is 79.9. The molecule has 4 heterocycles. The first-order valence-corrected chi connectivity index (χ1v) is 19.0. The van der Waals surface area contributed by atoms with E-state index in [0.29, 0.717) is 36.1 Å². The zero-order valence-corrected chi connectivity index (χ0v) is 33.3. The highest BCUT2D eigenvalue weighted by Crippen LogP contribution is 2.31. The minimum atomic E-state index is -0.609. The molecule has 47 heavy (non-hydrogen) atoms. The fourth-order valence-corrected chi connectivity index (χ4v) is 5.61. The standard InChI is InChI=1S/C15H17BrN2O5.C13H13BrN2O4.BBr3/c1-8(16)10-5-11(19)23-14-12(10)13(20)17(6-9-3-4-9)15(21)18(14)7-22-2;1-6(14)8-4-9(17)20-11-10(8)12(18)16(13(19)15-11)5-7-2-3-7;2-1(3)4/h5,8-9H,3-4,6-7H2,1-2H3;4,6-7H,2-3,5H2,1H3,(H,15,19);. The first kappa shape index (κ1) is 38.0. The van der Waals surface area contributed by atoms with Crippen molar-refractivity contribution in [3.05, 3.63) is 85.8 Å². The lowest BCUT2D eigenvalue weighted by molar-refractivity contribution is 0.125. The van der Waals surface area contributed by atoms with Crippen LogP contribution < -0.4 is 33.7 Å². The van der Waals surface area contributed by atoms with E-state index in [1.165, 1.54) is 32.9 Å². The highest BCUT2D eigenvalue weighted by molar-refractivity contribution is 9.69. The summed E-state index contributed by atoms with van der Waals surface area (Å²) in [4.78, 5) is 75.3. The monoisotopic (exact) mass is 972 g/mol. The number of ether oxygens (including phenoxy) is 1. The van der Waals surface area contributed by atoms with Crippen LogP contribution in [0.3, 0.4) is 0 Å². The Labute approximate surface area is 308 Å². The SMILES string of the molecule is BrB(Br)Br.CC(Br)c1cc(=O)oc2[nH]c(=O)n(CC3CC3)c(=O)c12.COCn1c(=O)n(CC2CC2)c(=O)c2c(C(C)Br)cc(=O)oc21. The van der Waals surface area contributed by atoms with Crippen molar-refractivity contribution in [1.82, 2.24) is 18.7 Å². The third-order valence-corrected chi connectivity index (χ3v) is 8.43. The molecule has 4 aromatic heterocycles. The molecule has 2 aliphatic carbocycles. The fourth-order valence-electron chi connectivity index (χ4n) is 4.88. The minimum Gasteiger partial charge on any atom is -0.405 e. The number of nitrogens with zero attached hydrogens (tertiary/aromatic N) is 3. The molecule has 0 saturated heterocycles. The van der Waals surface area contributed by atoms with Gasteiger partial charge in [0, 0.05) is 42.0 Å². The van der Waals surface area contributed by atoms with E-state index in [1.807, 2.05) is 13.8 Å². The summed E-state index contributed by atoms with van der Waals surface area (Å²) in [6.07, 6.45) is 4.10. The molecule has 0 spiro atoms. The Hall–Kier alpha value is -1.80. The first-order chi connectivity index (χ1) is 22.1. The lowest BCUT2D eigenvalue weighted by atomic mass is 10.1. The molecule has 4 aromatic rings. The summed E-state index contributed by atoms with van der Waals surface area (Å²) in [6.45, 7) is 4.32. The van der Waals surface area contributed by atoms with E-state index in [4.69, 9.17) is 13.6 Å². The Morgan fingerprint density at radius 1 is 0.809 bits per heavy atom. The van der Waals surface area contributed by atoms with E-state index in [0.717, 1.165) is 25.7 Å².